The predicted molar refractivity (Wildman–Crippen MR) is 108 cm³/mol. The van der Waals surface area contributed by atoms with Crippen LogP contribution in [0.15, 0.2) is 38.3 Å². The van der Waals surface area contributed by atoms with Gasteiger partial charge in [-0.05, 0) is 71.9 Å². The molecule has 0 N–H and O–H groups in total. The van der Waals surface area contributed by atoms with Crippen molar-refractivity contribution in [3.8, 4) is 0 Å². The van der Waals surface area contributed by atoms with Crippen LogP contribution < -0.4 is 0 Å². The van der Waals surface area contributed by atoms with Gasteiger partial charge in [0.05, 0.1) is 9.83 Å². The number of halogens is 1. The van der Waals surface area contributed by atoms with Gasteiger partial charge in [0.1, 0.15) is 4.21 Å². The normalized spacial score (nSPS) is 20.5. The molecule has 26 heavy (non-hydrogen) atoms. The second kappa shape index (κ2) is 5.92. The fraction of sp³-hybridized carbons (Fsp3) is 0.368. The highest BCUT2D eigenvalue weighted by Crippen LogP contribution is 2.45. The van der Waals surface area contributed by atoms with E-state index in [9.17, 15) is 8.42 Å². The van der Waals surface area contributed by atoms with E-state index >= 15 is 0 Å². The zero-order valence-electron chi connectivity index (χ0n) is 14.4. The molecule has 136 valence electrons. The van der Waals surface area contributed by atoms with Crippen molar-refractivity contribution in [2.24, 2.45) is 0 Å². The minimum absolute atomic E-state index is 0.0499. The van der Waals surface area contributed by atoms with Gasteiger partial charge in [-0.3, -0.25) is 0 Å². The number of fused-ring (bicyclic) bond motifs is 3. The first-order valence-corrected chi connectivity index (χ1v) is 11.9. The topological polar surface area (TPSA) is 42.3 Å². The maximum Gasteiger partial charge on any atom is 0.253 e. The van der Waals surface area contributed by atoms with E-state index < -0.39 is 10.0 Å². The van der Waals surface area contributed by atoms with Gasteiger partial charge < -0.3 is 4.57 Å². The van der Waals surface area contributed by atoms with Gasteiger partial charge in [-0.1, -0.05) is 11.6 Å². The number of aryl methyl sites for hydroxylation is 2. The molecule has 5 rings (SSSR count). The zero-order chi connectivity index (χ0) is 18.1. The lowest BCUT2D eigenvalue weighted by atomic mass is 9.90. The third-order valence-corrected chi connectivity index (χ3v) is 9.59. The Balaban J connectivity index is 1.68. The van der Waals surface area contributed by atoms with Crippen molar-refractivity contribution in [3.63, 3.8) is 0 Å². The third kappa shape index (κ3) is 2.37. The summed E-state index contributed by atoms with van der Waals surface area (Å²) in [4.78, 5) is 0. The fourth-order valence-corrected chi connectivity index (χ4v) is 8.28. The molecule has 1 aromatic carbocycles. The summed E-state index contributed by atoms with van der Waals surface area (Å²) in [6.07, 6.45) is 2.97. The van der Waals surface area contributed by atoms with Crippen LogP contribution in [0.2, 0.25) is 0 Å². The molecule has 4 nitrogen and oxygen atoms in total. The van der Waals surface area contributed by atoms with Gasteiger partial charge >= 0.3 is 0 Å². The maximum absolute atomic E-state index is 13.3. The molecule has 0 fully saturated rings. The van der Waals surface area contributed by atoms with Gasteiger partial charge in [0, 0.05) is 29.7 Å². The van der Waals surface area contributed by atoms with Crippen molar-refractivity contribution in [2.75, 3.05) is 6.54 Å². The van der Waals surface area contributed by atoms with E-state index in [0.717, 1.165) is 29.6 Å². The van der Waals surface area contributed by atoms with Crippen molar-refractivity contribution >= 4 is 48.2 Å². The number of rotatable bonds is 2. The molecule has 2 aromatic heterocycles. The summed E-state index contributed by atoms with van der Waals surface area (Å²) in [7, 11) is -3.47. The summed E-state index contributed by atoms with van der Waals surface area (Å²) in [6, 6.07) is 10.1. The lowest BCUT2D eigenvalue weighted by Gasteiger charge is -2.38. The largest absolute Gasteiger partial charge is 0.341 e. The molecule has 0 spiro atoms. The molecule has 1 aliphatic heterocycles. The van der Waals surface area contributed by atoms with Crippen molar-refractivity contribution in [1.82, 2.24) is 8.87 Å². The molecule has 0 saturated carbocycles. The van der Waals surface area contributed by atoms with E-state index in [1.807, 2.05) is 6.07 Å². The van der Waals surface area contributed by atoms with Crippen LogP contribution in [-0.2, 0) is 23.0 Å². The molecule has 7 heteroatoms. The summed E-state index contributed by atoms with van der Waals surface area (Å²) < 4.78 is 32.0. The highest BCUT2D eigenvalue weighted by atomic mass is 79.9. The van der Waals surface area contributed by atoms with Gasteiger partial charge in [-0.15, -0.1) is 11.3 Å². The van der Waals surface area contributed by atoms with Crippen LogP contribution in [0, 0.1) is 6.92 Å². The number of nitrogens with zero attached hydrogens (tertiary/aromatic N) is 2. The number of thiophene rings is 1. The molecular formula is C19H19BrN2O2S2. The summed E-state index contributed by atoms with van der Waals surface area (Å²) in [6.45, 7) is 3.37. The monoisotopic (exact) mass is 450 g/mol. The minimum Gasteiger partial charge on any atom is -0.341 e. The minimum atomic E-state index is -3.47. The van der Waals surface area contributed by atoms with Crippen LogP contribution in [0.4, 0.5) is 0 Å². The molecule has 0 saturated heterocycles. The van der Waals surface area contributed by atoms with Gasteiger partial charge in [0.15, 0.2) is 0 Å². The van der Waals surface area contributed by atoms with E-state index in [1.54, 1.807) is 10.4 Å². The highest BCUT2D eigenvalue weighted by molar-refractivity contribution is 9.11. The van der Waals surface area contributed by atoms with Crippen molar-refractivity contribution in [1.29, 1.82) is 0 Å². The van der Waals surface area contributed by atoms with E-state index in [4.69, 9.17) is 0 Å². The van der Waals surface area contributed by atoms with E-state index in [1.165, 1.54) is 39.1 Å². The van der Waals surface area contributed by atoms with E-state index in [-0.39, 0.29) is 6.04 Å². The van der Waals surface area contributed by atoms with Gasteiger partial charge in [-0.2, -0.15) is 4.31 Å². The molecule has 1 atom stereocenters. The first-order chi connectivity index (χ1) is 12.5. The van der Waals surface area contributed by atoms with E-state index in [2.05, 4.69) is 45.6 Å². The fourth-order valence-electron chi connectivity index (χ4n) is 4.53. The third-order valence-electron chi connectivity index (χ3n) is 5.59. The standard InChI is InChI=1S/C19H19BrN2O2S2/c1-12-5-6-15-14(11-12)13-3-2-4-16-19(13)21(15)9-10-22(16)26(23,24)18-8-7-17(20)25-18/h5-8,11,16H,2-4,9-10H2,1H3/t16-/m0/s1. The predicted octanol–water partition coefficient (Wildman–Crippen LogP) is 4.86. The number of aromatic nitrogens is 1. The Morgan fingerprint density at radius 3 is 2.81 bits per heavy atom. The average molecular weight is 451 g/mol. The van der Waals surface area contributed by atoms with Crippen LogP contribution in [0.5, 0.6) is 0 Å². The first-order valence-electron chi connectivity index (χ1n) is 8.85. The molecular weight excluding hydrogens is 432 g/mol. The molecule has 3 aromatic rings. The van der Waals surface area contributed by atoms with Crippen molar-refractivity contribution < 1.29 is 8.42 Å². The Bertz CT molecular complexity index is 1130. The Labute approximate surface area is 165 Å². The number of benzene rings is 1. The average Bonchev–Trinajstić information content (AvgIpc) is 3.19. The Morgan fingerprint density at radius 1 is 1.19 bits per heavy atom. The summed E-state index contributed by atoms with van der Waals surface area (Å²) >= 11 is 4.68. The first kappa shape index (κ1) is 17.0. The van der Waals surface area contributed by atoms with Crippen LogP contribution in [0.1, 0.15) is 35.7 Å². The SMILES string of the molecule is Cc1ccc2c(c1)c1c3n2CCN(S(=O)(=O)c2ccc(Br)s2)[C@H]3CCC1. The van der Waals surface area contributed by atoms with Gasteiger partial charge in [0.2, 0.25) is 0 Å². The lowest BCUT2D eigenvalue weighted by molar-refractivity contribution is 0.243. The maximum atomic E-state index is 13.3. The zero-order valence-corrected chi connectivity index (χ0v) is 17.6. The molecule has 0 amide bonds. The Morgan fingerprint density at radius 2 is 2.04 bits per heavy atom. The van der Waals surface area contributed by atoms with Crippen molar-refractivity contribution in [2.45, 2.75) is 43.0 Å². The number of hydrogen-bond acceptors (Lipinski definition) is 3. The second-order valence-corrected chi connectivity index (χ2v) is 11.7. The van der Waals surface area contributed by atoms with Crippen LogP contribution >= 0.6 is 27.3 Å². The lowest BCUT2D eigenvalue weighted by Crippen LogP contribution is -2.43. The smallest absolute Gasteiger partial charge is 0.253 e. The quantitative estimate of drug-likeness (QED) is 0.559. The highest BCUT2D eigenvalue weighted by Gasteiger charge is 2.41. The molecule has 2 aliphatic rings. The van der Waals surface area contributed by atoms with Crippen LogP contribution in [0.25, 0.3) is 10.9 Å². The van der Waals surface area contributed by atoms with Crippen molar-refractivity contribution in [3.05, 3.63) is 50.9 Å². The summed E-state index contributed by atoms with van der Waals surface area (Å²) in [5.41, 5.74) is 5.09. The summed E-state index contributed by atoms with van der Waals surface area (Å²) in [5.74, 6) is 0. The summed E-state index contributed by atoms with van der Waals surface area (Å²) in [5, 5.41) is 1.31. The molecule has 1 aliphatic carbocycles. The number of sulfonamides is 1. The van der Waals surface area contributed by atoms with Gasteiger partial charge in [-0.25, -0.2) is 8.42 Å². The van der Waals surface area contributed by atoms with Crippen LogP contribution in [0.3, 0.4) is 0 Å². The van der Waals surface area contributed by atoms with E-state index in [0.29, 0.717) is 10.8 Å². The van der Waals surface area contributed by atoms with Crippen LogP contribution in [-0.4, -0.2) is 23.8 Å². The molecule has 0 radical (unpaired) electrons. The molecule has 0 bridgehead atoms. The Hall–Kier alpha value is -1.15. The number of hydrogen-bond donors (Lipinski definition) is 0. The Kier molecular flexibility index (Phi) is 3.87. The molecule has 3 heterocycles. The molecule has 0 unspecified atom stereocenters. The van der Waals surface area contributed by atoms with Gasteiger partial charge in [0.25, 0.3) is 10.0 Å². The second-order valence-electron chi connectivity index (χ2n) is 7.12.